The zero-order valence-electron chi connectivity index (χ0n) is 16.4. The Morgan fingerprint density at radius 1 is 1.28 bits per heavy atom. The van der Waals surface area contributed by atoms with E-state index >= 15 is 0 Å². The van der Waals surface area contributed by atoms with Crippen LogP contribution in [-0.2, 0) is 20.9 Å². The van der Waals surface area contributed by atoms with Crippen LogP contribution in [0.4, 0.5) is 9.59 Å². The summed E-state index contributed by atoms with van der Waals surface area (Å²) in [6.45, 7) is 3.57. The largest absolute Gasteiger partial charge is 0.461 e. The van der Waals surface area contributed by atoms with E-state index in [1.54, 1.807) is 31.2 Å². The van der Waals surface area contributed by atoms with E-state index in [-0.39, 0.29) is 25.4 Å². The van der Waals surface area contributed by atoms with Crippen LogP contribution in [0.15, 0.2) is 29.4 Å². The maximum atomic E-state index is 13.1. The first-order chi connectivity index (χ1) is 13.9. The predicted octanol–water partition coefficient (Wildman–Crippen LogP) is 2.89. The lowest BCUT2D eigenvalue weighted by Crippen LogP contribution is -2.64. The molecule has 1 heterocycles. The molecule has 1 aromatic rings. The van der Waals surface area contributed by atoms with E-state index in [4.69, 9.17) is 16.3 Å². The van der Waals surface area contributed by atoms with Crippen molar-refractivity contribution in [1.29, 1.82) is 0 Å². The third kappa shape index (κ3) is 6.01. The van der Waals surface area contributed by atoms with Crippen molar-refractivity contribution in [2.75, 3.05) is 26.0 Å². The second kappa shape index (κ2) is 10.9. The number of nitrogens with zero attached hydrogens (tertiary/aromatic N) is 3. The van der Waals surface area contributed by atoms with Crippen molar-refractivity contribution in [3.05, 3.63) is 34.9 Å². The Kier molecular flexibility index (Phi) is 8.59. The quantitative estimate of drug-likeness (QED) is 0.358. The maximum Gasteiger partial charge on any atom is 0.358 e. The van der Waals surface area contributed by atoms with Crippen molar-refractivity contribution >= 4 is 47.1 Å². The fourth-order valence-electron chi connectivity index (χ4n) is 2.57. The molecule has 9 nitrogen and oxygen atoms in total. The summed E-state index contributed by atoms with van der Waals surface area (Å²) < 4.78 is 4.91. The van der Waals surface area contributed by atoms with Crippen LogP contribution in [0.25, 0.3) is 0 Å². The summed E-state index contributed by atoms with van der Waals surface area (Å²) in [4.78, 5) is 44.8. The molecule has 2 rings (SSSR count). The molecule has 0 bridgehead atoms. The van der Waals surface area contributed by atoms with Gasteiger partial charge in [0, 0.05) is 5.02 Å². The molecule has 1 unspecified atom stereocenters. The molecular formula is C18H23ClN4O5S. The topological polar surface area (TPSA) is 101 Å². The Morgan fingerprint density at radius 2 is 1.97 bits per heavy atom. The number of amides is 4. The van der Waals surface area contributed by atoms with E-state index in [1.807, 2.05) is 6.92 Å². The summed E-state index contributed by atoms with van der Waals surface area (Å²) in [7, 11) is 1.26. The summed E-state index contributed by atoms with van der Waals surface area (Å²) in [6.07, 6.45) is 0. The number of imide groups is 1. The molecule has 0 saturated carbocycles. The van der Waals surface area contributed by atoms with Gasteiger partial charge in [-0.1, -0.05) is 35.8 Å². The van der Waals surface area contributed by atoms with Gasteiger partial charge in [-0.3, -0.25) is 4.90 Å². The highest BCUT2D eigenvalue weighted by molar-refractivity contribution is 7.99. The van der Waals surface area contributed by atoms with Crippen LogP contribution in [0.5, 0.6) is 0 Å². The fourth-order valence-corrected chi connectivity index (χ4v) is 3.55. The van der Waals surface area contributed by atoms with Crippen molar-refractivity contribution in [3.63, 3.8) is 0 Å². The molecular weight excluding hydrogens is 420 g/mol. The Labute approximate surface area is 178 Å². The highest BCUT2D eigenvalue weighted by Crippen LogP contribution is 2.23. The number of nitrogens with one attached hydrogen (secondary N) is 1. The number of esters is 1. The van der Waals surface area contributed by atoms with Gasteiger partial charge in [0.15, 0.2) is 11.2 Å². The third-order valence-electron chi connectivity index (χ3n) is 3.86. The van der Waals surface area contributed by atoms with Crippen LogP contribution < -0.4 is 5.32 Å². The van der Waals surface area contributed by atoms with Gasteiger partial charge in [-0.05, 0) is 30.4 Å². The van der Waals surface area contributed by atoms with Crippen LogP contribution in [0.1, 0.15) is 19.4 Å². The molecule has 0 aliphatic carbocycles. The lowest BCUT2D eigenvalue weighted by Gasteiger charge is -2.40. The lowest BCUT2D eigenvalue weighted by molar-refractivity contribution is -0.135. The zero-order chi connectivity index (χ0) is 21.4. The van der Waals surface area contributed by atoms with Crippen LogP contribution in [0, 0.1) is 0 Å². The minimum Gasteiger partial charge on any atom is -0.461 e. The predicted molar refractivity (Wildman–Crippen MR) is 111 cm³/mol. The van der Waals surface area contributed by atoms with Crippen molar-refractivity contribution < 1.29 is 24.0 Å². The van der Waals surface area contributed by atoms with E-state index in [2.05, 4.69) is 15.3 Å². The molecule has 4 amide bonds. The van der Waals surface area contributed by atoms with Gasteiger partial charge in [0.05, 0.1) is 19.7 Å². The van der Waals surface area contributed by atoms with Gasteiger partial charge >= 0.3 is 18.0 Å². The molecule has 11 heteroatoms. The van der Waals surface area contributed by atoms with Gasteiger partial charge in [-0.2, -0.15) is 0 Å². The van der Waals surface area contributed by atoms with Gasteiger partial charge < -0.3 is 14.9 Å². The number of carbonyl (C=O) groups is 3. The number of benzene rings is 1. The van der Waals surface area contributed by atoms with Crippen LogP contribution in [-0.4, -0.2) is 65.1 Å². The number of hydrogen-bond donors (Lipinski definition) is 1. The summed E-state index contributed by atoms with van der Waals surface area (Å²) in [5.41, 5.74) is 0.111. The van der Waals surface area contributed by atoms with E-state index in [1.165, 1.54) is 23.8 Å². The second-order valence-electron chi connectivity index (χ2n) is 5.82. The molecule has 0 spiro atoms. The molecule has 1 fully saturated rings. The Balaban J connectivity index is 2.25. The Bertz CT molecular complexity index is 774. The standard InChI is InChI=1S/C18H23ClN4O5S/c1-4-28-15(24)14(21-27-3)11-22-16(25)20-17(29-5-2)23(18(22)26)10-12-6-8-13(19)9-7-12/h6-9,17H,4-5,10-11H2,1-3H3,(H,20,25). The monoisotopic (exact) mass is 442 g/mol. The highest BCUT2D eigenvalue weighted by Gasteiger charge is 2.39. The van der Waals surface area contributed by atoms with Crippen molar-refractivity contribution in [1.82, 2.24) is 15.1 Å². The molecule has 1 N–H and O–H groups in total. The molecule has 1 atom stereocenters. The summed E-state index contributed by atoms with van der Waals surface area (Å²) in [5, 5.41) is 6.97. The molecule has 1 aliphatic rings. The number of halogens is 1. The third-order valence-corrected chi connectivity index (χ3v) is 5.14. The van der Waals surface area contributed by atoms with Gasteiger partial charge in [0.2, 0.25) is 0 Å². The minimum absolute atomic E-state index is 0.125. The number of urea groups is 2. The molecule has 0 radical (unpaired) electrons. The average Bonchev–Trinajstić information content (AvgIpc) is 2.69. The number of hydrogen-bond acceptors (Lipinski definition) is 7. The Hall–Kier alpha value is -2.46. The number of carbonyl (C=O) groups excluding carboxylic acids is 3. The molecule has 29 heavy (non-hydrogen) atoms. The number of ether oxygens (including phenoxy) is 1. The Morgan fingerprint density at radius 3 is 2.55 bits per heavy atom. The number of rotatable bonds is 9. The van der Waals surface area contributed by atoms with Gasteiger partial charge in [-0.15, -0.1) is 11.8 Å². The summed E-state index contributed by atoms with van der Waals surface area (Å²) in [5.74, 6) is -0.0709. The molecule has 1 aliphatic heterocycles. The zero-order valence-corrected chi connectivity index (χ0v) is 18.0. The smallest absolute Gasteiger partial charge is 0.358 e. The average molecular weight is 443 g/mol. The van der Waals surface area contributed by atoms with Crippen molar-refractivity contribution in [2.45, 2.75) is 25.9 Å². The van der Waals surface area contributed by atoms with Crippen LogP contribution in [0.3, 0.4) is 0 Å². The van der Waals surface area contributed by atoms with E-state index in [0.29, 0.717) is 10.8 Å². The van der Waals surface area contributed by atoms with E-state index < -0.39 is 23.5 Å². The first-order valence-electron chi connectivity index (χ1n) is 8.93. The molecule has 1 saturated heterocycles. The molecule has 0 aromatic heterocycles. The first-order valence-corrected chi connectivity index (χ1v) is 10.4. The molecule has 1 aromatic carbocycles. The van der Waals surface area contributed by atoms with Gasteiger partial charge in [0.25, 0.3) is 0 Å². The highest BCUT2D eigenvalue weighted by atomic mass is 35.5. The van der Waals surface area contributed by atoms with Crippen LogP contribution >= 0.6 is 23.4 Å². The summed E-state index contributed by atoms with van der Waals surface area (Å²) in [6, 6.07) is 5.90. The van der Waals surface area contributed by atoms with E-state index in [0.717, 1.165) is 10.5 Å². The number of thioether (sulfide) groups is 1. The van der Waals surface area contributed by atoms with Gasteiger partial charge in [-0.25, -0.2) is 19.3 Å². The minimum atomic E-state index is -0.760. The first kappa shape index (κ1) is 22.8. The lowest BCUT2D eigenvalue weighted by atomic mass is 10.2. The van der Waals surface area contributed by atoms with Gasteiger partial charge in [0.1, 0.15) is 7.11 Å². The van der Waals surface area contributed by atoms with Crippen molar-refractivity contribution in [3.8, 4) is 0 Å². The fraction of sp³-hybridized carbons (Fsp3) is 0.444. The number of oxime groups is 1. The van der Waals surface area contributed by atoms with Crippen LogP contribution in [0.2, 0.25) is 5.02 Å². The normalized spacial score (nSPS) is 17.2. The summed E-state index contributed by atoms with van der Waals surface area (Å²) >= 11 is 7.34. The second-order valence-corrected chi connectivity index (χ2v) is 7.61. The SMILES string of the molecule is CCOC(=O)C(CN1C(=O)NC(SCC)N(Cc2ccc(Cl)cc2)C1=O)=NOC. The molecule has 158 valence electrons. The maximum absolute atomic E-state index is 13.1. The van der Waals surface area contributed by atoms with Crippen molar-refractivity contribution in [2.24, 2.45) is 5.16 Å². The van der Waals surface area contributed by atoms with E-state index in [9.17, 15) is 14.4 Å².